The maximum Gasteiger partial charge on any atom is 0.263 e. The monoisotopic (exact) mass is 490 g/mol. The lowest BCUT2D eigenvalue weighted by molar-refractivity contribution is -0.605. The van der Waals surface area contributed by atoms with Gasteiger partial charge in [0.15, 0.2) is 18.0 Å². The number of pyridine rings is 2. The fourth-order valence-electron chi connectivity index (χ4n) is 4.15. The van der Waals surface area contributed by atoms with Crippen molar-refractivity contribution in [1.29, 1.82) is 0 Å². The molecule has 0 aliphatic carbocycles. The number of benzene rings is 1. The molecule has 0 radical (unpaired) electrons. The fourth-order valence-corrected chi connectivity index (χ4v) is 4.15. The number of nitrogens with one attached hydrogen (secondary N) is 1. The average Bonchev–Trinajstić information content (AvgIpc) is 2.89. The summed E-state index contributed by atoms with van der Waals surface area (Å²) in [6, 6.07) is 11.6. The molecule has 1 N–H and O–H groups in total. The second-order valence-electron chi connectivity index (χ2n) is 8.34. The molecule has 0 aliphatic rings. The van der Waals surface area contributed by atoms with E-state index >= 15 is 0 Å². The van der Waals surface area contributed by atoms with Gasteiger partial charge in [0.1, 0.15) is 11.6 Å². The van der Waals surface area contributed by atoms with Crippen molar-refractivity contribution in [2.45, 2.75) is 25.9 Å². The van der Waals surface area contributed by atoms with Crippen molar-refractivity contribution in [2.75, 3.05) is 20.1 Å². The highest BCUT2D eigenvalue weighted by atomic mass is 19.1. The van der Waals surface area contributed by atoms with Gasteiger partial charge in [-0.1, -0.05) is 19.1 Å². The SMILES string of the molecule is CCC(c1nc2ncccc2c(=O)n1Cc1ccc(F)cc1)N(CCNC)C(=O)c1cc[n+]([O-])cc1. The maximum atomic E-state index is 13.6. The highest BCUT2D eigenvalue weighted by Crippen LogP contribution is 2.25. The van der Waals surface area contributed by atoms with Crippen LogP contribution in [0.4, 0.5) is 4.39 Å². The van der Waals surface area contributed by atoms with Crippen molar-refractivity contribution in [3.63, 3.8) is 0 Å². The number of nitrogens with zero attached hydrogens (tertiary/aromatic N) is 5. The molecule has 9 nitrogen and oxygen atoms in total. The first kappa shape index (κ1) is 24.9. The van der Waals surface area contributed by atoms with Crippen LogP contribution in [-0.2, 0) is 6.54 Å². The van der Waals surface area contributed by atoms with Crippen LogP contribution < -0.4 is 15.6 Å². The zero-order chi connectivity index (χ0) is 25.7. The van der Waals surface area contributed by atoms with Crippen LogP contribution >= 0.6 is 0 Å². The molecule has 0 spiro atoms. The van der Waals surface area contributed by atoms with Crippen LogP contribution in [0.3, 0.4) is 0 Å². The third-order valence-corrected chi connectivity index (χ3v) is 5.99. The van der Waals surface area contributed by atoms with E-state index in [2.05, 4.69) is 10.3 Å². The minimum atomic E-state index is -0.565. The Kier molecular flexibility index (Phi) is 7.65. The number of amides is 1. The standard InChI is InChI=1S/C26H27FN6O3/c1-3-22(32(16-13-28-2)25(34)19-10-14-31(36)15-11-19)24-30-23-21(5-4-12-29-23)26(35)33(24)17-18-6-8-20(27)9-7-18/h4-12,14-15,22,28H,3,13,16-17H2,1-2H3. The zero-order valence-electron chi connectivity index (χ0n) is 20.1. The normalized spacial score (nSPS) is 12.0. The fraction of sp³-hybridized carbons (Fsp3) is 0.269. The molecule has 3 aromatic heterocycles. The van der Waals surface area contributed by atoms with Gasteiger partial charge >= 0.3 is 0 Å². The van der Waals surface area contributed by atoms with Crippen molar-refractivity contribution >= 4 is 16.9 Å². The Balaban J connectivity index is 1.86. The molecule has 0 aliphatic heterocycles. The molecular formula is C26H27FN6O3. The van der Waals surface area contributed by atoms with Crippen LogP contribution in [0.5, 0.6) is 0 Å². The summed E-state index contributed by atoms with van der Waals surface area (Å²) in [6.07, 6.45) is 4.58. The molecule has 10 heteroatoms. The van der Waals surface area contributed by atoms with E-state index < -0.39 is 6.04 Å². The summed E-state index contributed by atoms with van der Waals surface area (Å²) >= 11 is 0. The van der Waals surface area contributed by atoms with E-state index in [0.717, 1.165) is 5.56 Å². The van der Waals surface area contributed by atoms with Crippen LogP contribution in [0.2, 0.25) is 0 Å². The minimum Gasteiger partial charge on any atom is -0.619 e. The van der Waals surface area contributed by atoms with Gasteiger partial charge in [0.05, 0.1) is 23.5 Å². The molecule has 36 heavy (non-hydrogen) atoms. The number of aromatic nitrogens is 4. The Morgan fingerprint density at radius 2 is 1.92 bits per heavy atom. The highest BCUT2D eigenvalue weighted by molar-refractivity contribution is 5.94. The maximum absolute atomic E-state index is 13.6. The van der Waals surface area contributed by atoms with Crippen LogP contribution in [0.15, 0.2) is 71.9 Å². The van der Waals surface area contributed by atoms with Gasteiger partial charge in [-0.3, -0.25) is 14.2 Å². The van der Waals surface area contributed by atoms with Gasteiger partial charge in [-0.2, -0.15) is 4.73 Å². The van der Waals surface area contributed by atoms with E-state index in [1.807, 2.05) is 6.92 Å². The summed E-state index contributed by atoms with van der Waals surface area (Å²) in [5, 5.41) is 14.9. The molecule has 4 rings (SSSR count). The first-order valence-electron chi connectivity index (χ1n) is 11.7. The number of fused-ring (bicyclic) bond motifs is 1. The zero-order valence-corrected chi connectivity index (χ0v) is 20.1. The highest BCUT2D eigenvalue weighted by Gasteiger charge is 2.29. The summed E-state index contributed by atoms with van der Waals surface area (Å²) in [4.78, 5) is 37.9. The Hall–Kier alpha value is -4.18. The summed E-state index contributed by atoms with van der Waals surface area (Å²) in [6.45, 7) is 2.91. The number of carbonyl (C=O) groups is 1. The van der Waals surface area contributed by atoms with Crippen LogP contribution in [0.1, 0.15) is 41.1 Å². The van der Waals surface area contributed by atoms with Crippen molar-refractivity contribution in [3.8, 4) is 0 Å². The molecule has 186 valence electrons. The van der Waals surface area contributed by atoms with E-state index in [9.17, 15) is 19.2 Å². The third-order valence-electron chi connectivity index (χ3n) is 5.99. The molecule has 0 bridgehead atoms. The predicted octanol–water partition coefficient (Wildman–Crippen LogP) is 2.43. The molecule has 1 amide bonds. The number of hydrogen-bond donors (Lipinski definition) is 1. The lowest BCUT2D eigenvalue weighted by Gasteiger charge is -2.32. The molecule has 4 aromatic rings. The molecule has 0 saturated heterocycles. The number of carbonyl (C=O) groups excluding carboxylic acids is 1. The van der Waals surface area contributed by atoms with E-state index in [0.29, 0.717) is 46.7 Å². The average molecular weight is 491 g/mol. The number of halogens is 1. The van der Waals surface area contributed by atoms with Crippen molar-refractivity contribution < 1.29 is 13.9 Å². The number of likely N-dealkylation sites (N-methyl/N-ethyl adjacent to an activating group) is 1. The van der Waals surface area contributed by atoms with Gasteiger partial charge in [0.25, 0.3) is 11.5 Å². The van der Waals surface area contributed by atoms with Crippen LogP contribution in [0, 0.1) is 11.0 Å². The molecule has 1 atom stereocenters. The van der Waals surface area contributed by atoms with Gasteiger partial charge in [-0.15, -0.1) is 0 Å². The van der Waals surface area contributed by atoms with E-state index in [1.165, 1.54) is 41.2 Å². The lowest BCUT2D eigenvalue weighted by atomic mass is 10.1. The number of hydrogen-bond acceptors (Lipinski definition) is 6. The largest absolute Gasteiger partial charge is 0.619 e. The Morgan fingerprint density at radius 3 is 2.58 bits per heavy atom. The van der Waals surface area contributed by atoms with Crippen LogP contribution in [-0.4, -0.2) is 45.5 Å². The Labute approximate surface area is 207 Å². The minimum absolute atomic E-state index is 0.151. The molecule has 0 fully saturated rings. The summed E-state index contributed by atoms with van der Waals surface area (Å²) in [5.41, 5.74) is 1.07. The summed E-state index contributed by atoms with van der Waals surface area (Å²) in [7, 11) is 1.79. The smallest absolute Gasteiger partial charge is 0.263 e. The third kappa shape index (κ3) is 5.23. The second kappa shape index (κ2) is 11.0. The first-order valence-corrected chi connectivity index (χ1v) is 11.7. The summed E-state index contributed by atoms with van der Waals surface area (Å²) in [5.74, 6) is -0.275. The van der Waals surface area contributed by atoms with Gasteiger partial charge in [-0.05, 0) is 43.3 Å². The number of rotatable bonds is 9. The molecular weight excluding hydrogens is 463 g/mol. The Morgan fingerprint density at radius 1 is 1.19 bits per heavy atom. The van der Waals surface area contributed by atoms with E-state index in [1.54, 1.807) is 42.4 Å². The van der Waals surface area contributed by atoms with Crippen molar-refractivity contribution in [1.82, 2.24) is 24.8 Å². The van der Waals surface area contributed by atoms with Gasteiger partial charge in [0, 0.05) is 31.4 Å². The van der Waals surface area contributed by atoms with Gasteiger partial charge < -0.3 is 15.4 Å². The van der Waals surface area contributed by atoms with Crippen molar-refractivity contribution in [2.24, 2.45) is 0 Å². The molecule has 0 saturated carbocycles. The predicted molar refractivity (Wildman–Crippen MR) is 133 cm³/mol. The topological polar surface area (TPSA) is 107 Å². The summed E-state index contributed by atoms with van der Waals surface area (Å²) < 4.78 is 15.7. The van der Waals surface area contributed by atoms with Crippen molar-refractivity contribution in [3.05, 3.63) is 105 Å². The van der Waals surface area contributed by atoms with Gasteiger partial charge in [-0.25, -0.2) is 14.4 Å². The molecule has 1 unspecified atom stereocenters. The van der Waals surface area contributed by atoms with Gasteiger partial charge in [0.2, 0.25) is 0 Å². The van der Waals surface area contributed by atoms with E-state index in [-0.39, 0.29) is 23.8 Å². The lowest BCUT2D eigenvalue weighted by Crippen LogP contribution is -2.42. The Bertz CT molecular complexity index is 1410. The molecule has 1 aromatic carbocycles. The second-order valence-corrected chi connectivity index (χ2v) is 8.34. The quantitative estimate of drug-likeness (QED) is 0.285. The van der Waals surface area contributed by atoms with E-state index in [4.69, 9.17) is 4.98 Å². The molecule has 3 heterocycles. The first-order chi connectivity index (χ1) is 17.4. The van der Waals surface area contributed by atoms with Crippen LogP contribution in [0.25, 0.3) is 11.0 Å².